The van der Waals surface area contributed by atoms with Crippen molar-refractivity contribution in [3.8, 4) is 0 Å². The van der Waals surface area contributed by atoms with Crippen LogP contribution in [0.5, 0.6) is 0 Å². The quantitative estimate of drug-likeness (QED) is 0.754. The van der Waals surface area contributed by atoms with Gasteiger partial charge in [0.25, 0.3) is 0 Å². The highest BCUT2D eigenvalue weighted by Crippen LogP contribution is 2.29. The minimum Gasteiger partial charge on any atom is -0.294 e. The zero-order chi connectivity index (χ0) is 14.0. The number of benzene rings is 1. The van der Waals surface area contributed by atoms with Crippen molar-refractivity contribution in [2.45, 2.75) is 27.7 Å². The molecule has 0 atom stereocenters. The molecule has 0 amide bonds. The third kappa shape index (κ3) is 3.12. The van der Waals surface area contributed by atoms with E-state index in [4.69, 9.17) is 23.2 Å². The van der Waals surface area contributed by atoms with Crippen LogP contribution in [-0.2, 0) is 0 Å². The van der Waals surface area contributed by atoms with Gasteiger partial charge in [-0.1, -0.05) is 50.9 Å². The van der Waals surface area contributed by atoms with Crippen LogP contribution in [0.25, 0.3) is 0 Å². The molecule has 98 valence electrons. The molecule has 4 heteroatoms. The normalized spacial score (nSPS) is 11.1. The Balaban J connectivity index is 3.44. The Morgan fingerprint density at radius 1 is 0.833 bits per heavy atom. The van der Waals surface area contributed by atoms with Gasteiger partial charge in [-0.3, -0.25) is 9.59 Å². The fourth-order valence-electron chi connectivity index (χ4n) is 1.58. The third-order valence-electron chi connectivity index (χ3n) is 2.64. The lowest BCUT2D eigenvalue weighted by molar-refractivity contribution is 0.0905. The van der Waals surface area contributed by atoms with Crippen molar-refractivity contribution in [2.75, 3.05) is 0 Å². The number of carbonyl (C=O) groups is 2. The van der Waals surface area contributed by atoms with Gasteiger partial charge in [0.15, 0.2) is 11.6 Å². The summed E-state index contributed by atoms with van der Waals surface area (Å²) in [6.45, 7) is 7.14. The van der Waals surface area contributed by atoms with Crippen LogP contribution in [0, 0.1) is 11.8 Å². The minimum atomic E-state index is -0.194. The van der Waals surface area contributed by atoms with Crippen molar-refractivity contribution in [1.29, 1.82) is 0 Å². The fourth-order valence-corrected chi connectivity index (χ4v) is 1.90. The van der Waals surface area contributed by atoms with Gasteiger partial charge in [-0.15, -0.1) is 0 Å². The van der Waals surface area contributed by atoms with Crippen LogP contribution in [0.3, 0.4) is 0 Å². The first kappa shape index (κ1) is 15.2. The van der Waals surface area contributed by atoms with Gasteiger partial charge in [-0.25, -0.2) is 0 Å². The largest absolute Gasteiger partial charge is 0.294 e. The molecule has 1 aromatic rings. The summed E-state index contributed by atoms with van der Waals surface area (Å²) in [7, 11) is 0. The van der Waals surface area contributed by atoms with E-state index in [2.05, 4.69) is 0 Å². The molecule has 0 spiro atoms. The van der Waals surface area contributed by atoms with E-state index in [9.17, 15) is 9.59 Å². The minimum absolute atomic E-state index is 0.0995. The Labute approximate surface area is 117 Å². The monoisotopic (exact) mass is 286 g/mol. The van der Waals surface area contributed by atoms with Crippen molar-refractivity contribution < 1.29 is 9.59 Å². The number of carbonyl (C=O) groups excluding carboxylic acids is 2. The SMILES string of the molecule is CC(C)C(=O)c1cc(Cl)c(Cl)cc1C(=O)C(C)C. The molecule has 0 aromatic heterocycles. The Hall–Kier alpha value is -0.860. The number of hydrogen-bond donors (Lipinski definition) is 0. The Bertz CT molecular complexity index is 446. The molecule has 0 aliphatic rings. The molecule has 2 nitrogen and oxygen atoms in total. The van der Waals surface area contributed by atoms with Gasteiger partial charge in [0.2, 0.25) is 0 Å². The van der Waals surface area contributed by atoms with Crippen LogP contribution in [0.4, 0.5) is 0 Å². The van der Waals surface area contributed by atoms with E-state index in [1.807, 2.05) is 0 Å². The number of hydrogen-bond acceptors (Lipinski definition) is 2. The first-order chi connectivity index (χ1) is 8.25. The average Bonchev–Trinajstić information content (AvgIpc) is 2.29. The predicted octanol–water partition coefficient (Wildman–Crippen LogP) is 4.67. The summed E-state index contributed by atoms with van der Waals surface area (Å²) in [6.07, 6.45) is 0. The maximum Gasteiger partial charge on any atom is 0.166 e. The van der Waals surface area contributed by atoms with E-state index in [0.29, 0.717) is 21.2 Å². The summed E-state index contributed by atoms with van der Waals surface area (Å²) in [6, 6.07) is 2.98. The predicted molar refractivity (Wildman–Crippen MR) is 74.8 cm³/mol. The molecule has 0 fully saturated rings. The van der Waals surface area contributed by atoms with Gasteiger partial charge >= 0.3 is 0 Å². The highest BCUT2D eigenvalue weighted by atomic mass is 35.5. The summed E-state index contributed by atoms with van der Waals surface area (Å²) < 4.78 is 0. The number of halogens is 2. The molecule has 0 aliphatic heterocycles. The van der Waals surface area contributed by atoms with E-state index in [1.165, 1.54) is 12.1 Å². The average molecular weight is 287 g/mol. The summed E-state index contributed by atoms with van der Waals surface area (Å²) in [5.74, 6) is -0.586. The zero-order valence-electron chi connectivity index (χ0n) is 10.9. The highest BCUT2D eigenvalue weighted by molar-refractivity contribution is 6.42. The molecule has 0 N–H and O–H groups in total. The molecule has 18 heavy (non-hydrogen) atoms. The van der Waals surface area contributed by atoms with E-state index in [0.717, 1.165) is 0 Å². The topological polar surface area (TPSA) is 34.1 Å². The number of rotatable bonds is 4. The second-order valence-corrected chi connectivity index (χ2v) is 5.66. The maximum absolute atomic E-state index is 12.1. The second kappa shape index (κ2) is 5.85. The van der Waals surface area contributed by atoms with Crippen molar-refractivity contribution in [3.05, 3.63) is 33.3 Å². The summed E-state index contributed by atoms with van der Waals surface area (Å²) in [4.78, 5) is 24.2. The van der Waals surface area contributed by atoms with E-state index in [1.54, 1.807) is 27.7 Å². The Morgan fingerprint density at radius 2 is 1.11 bits per heavy atom. The molecule has 0 bridgehead atoms. The molecule has 0 saturated heterocycles. The lowest BCUT2D eigenvalue weighted by Gasteiger charge is -2.13. The lowest BCUT2D eigenvalue weighted by atomic mass is 9.91. The molecular weight excluding hydrogens is 271 g/mol. The third-order valence-corrected chi connectivity index (χ3v) is 3.36. The van der Waals surface area contributed by atoms with Crippen LogP contribution in [-0.4, -0.2) is 11.6 Å². The Kier molecular flexibility index (Phi) is 4.94. The first-order valence-electron chi connectivity index (χ1n) is 5.83. The smallest absolute Gasteiger partial charge is 0.166 e. The van der Waals surface area contributed by atoms with Gasteiger partial charge in [0.05, 0.1) is 10.0 Å². The van der Waals surface area contributed by atoms with Crippen LogP contribution in [0.15, 0.2) is 12.1 Å². The number of ketones is 2. The van der Waals surface area contributed by atoms with Crippen LogP contribution < -0.4 is 0 Å². The van der Waals surface area contributed by atoms with Gasteiger partial charge in [-0.05, 0) is 12.1 Å². The first-order valence-corrected chi connectivity index (χ1v) is 6.58. The summed E-state index contributed by atoms with van der Waals surface area (Å²) >= 11 is 11.8. The van der Waals surface area contributed by atoms with E-state index < -0.39 is 0 Å². The van der Waals surface area contributed by atoms with Crippen LogP contribution in [0.2, 0.25) is 10.0 Å². The molecule has 0 unspecified atom stereocenters. The van der Waals surface area contributed by atoms with Gasteiger partial charge in [0, 0.05) is 23.0 Å². The second-order valence-electron chi connectivity index (χ2n) is 4.85. The van der Waals surface area contributed by atoms with Crippen LogP contribution >= 0.6 is 23.2 Å². The molecule has 1 aromatic carbocycles. The lowest BCUT2D eigenvalue weighted by Crippen LogP contribution is -2.16. The molecule has 0 heterocycles. The van der Waals surface area contributed by atoms with E-state index in [-0.39, 0.29) is 23.4 Å². The highest BCUT2D eigenvalue weighted by Gasteiger charge is 2.22. The summed E-state index contributed by atoms with van der Waals surface area (Å²) in [5, 5.41) is 0.585. The molecule has 1 rings (SSSR count). The summed E-state index contributed by atoms with van der Waals surface area (Å²) in [5.41, 5.74) is 0.719. The Morgan fingerprint density at radius 3 is 1.33 bits per heavy atom. The van der Waals surface area contributed by atoms with Gasteiger partial charge in [-0.2, -0.15) is 0 Å². The number of Topliss-reactive ketones (excluding diaryl/α,β-unsaturated/α-hetero) is 2. The van der Waals surface area contributed by atoms with Crippen molar-refractivity contribution in [3.63, 3.8) is 0 Å². The van der Waals surface area contributed by atoms with Gasteiger partial charge < -0.3 is 0 Å². The molecule has 0 aliphatic carbocycles. The van der Waals surface area contributed by atoms with Gasteiger partial charge in [0.1, 0.15) is 0 Å². The molecule has 0 radical (unpaired) electrons. The molecular formula is C14H16Cl2O2. The van der Waals surface area contributed by atoms with E-state index >= 15 is 0 Å². The maximum atomic E-state index is 12.1. The molecule has 0 saturated carbocycles. The van der Waals surface area contributed by atoms with Crippen molar-refractivity contribution >= 4 is 34.8 Å². The van der Waals surface area contributed by atoms with Crippen LogP contribution in [0.1, 0.15) is 48.4 Å². The standard InChI is InChI=1S/C14H16Cl2O2/c1-7(2)13(17)9-5-11(15)12(16)6-10(9)14(18)8(3)4/h5-8H,1-4H3. The van der Waals surface area contributed by atoms with Crippen molar-refractivity contribution in [1.82, 2.24) is 0 Å². The van der Waals surface area contributed by atoms with Crippen molar-refractivity contribution in [2.24, 2.45) is 11.8 Å². The fraction of sp³-hybridized carbons (Fsp3) is 0.429. The zero-order valence-corrected chi connectivity index (χ0v) is 12.4.